The molecule has 1 atom stereocenters. The molecule has 12 heavy (non-hydrogen) atoms. The molecule has 0 aromatic carbocycles. The van der Waals surface area contributed by atoms with Crippen LogP contribution in [0, 0.1) is 6.58 Å². The van der Waals surface area contributed by atoms with E-state index in [1.54, 1.807) is 6.08 Å². The van der Waals surface area contributed by atoms with Gasteiger partial charge in [0.2, 0.25) is 0 Å². The molecule has 0 bridgehead atoms. The molecule has 1 N–H and O–H groups in total. The first-order valence-corrected chi connectivity index (χ1v) is 4.47. The summed E-state index contributed by atoms with van der Waals surface area (Å²) in [5.41, 5.74) is 0. The fraction of sp³-hybridized carbons (Fsp3) is 0.600. The van der Waals surface area contributed by atoms with E-state index >= 15 is 0 Å². The normalized spacial score (nSPS) is 25.2. The van der Waals surface area contributed by atoms with Gasteiger partial charge >= 0.3 is 0 Å². The SMILES string of the molecule is [CH]=CCN1CCNCC1CC=C. The van der Waals surface area contributed by atoms with E-state index in [-0.39, 0.29) is 0 Å². The predicted molar refractivity (Wildman–Crippen MR) is 51.9 cm³/mol. The van der Waals surface area contributed by atoms with Crippen LogP contribution in [0.4, 0.5) is 0 Å². The Balaban J connectivity index is 2.41. The zero-order valence-corrected chi connectivity index (χ0v) is 7.50. The maximum atomic E-state index is 5.40. The highest BCUT2D eigenvalue weighted by Crippen LogP contribution is 2.06. The molecule has 1 fully saturated rings. The maximum Gasteiger partial charge on any atom is 0.0258 e. The fourth-order valence-corrected chi connectivity index (χ4v) is 1.60. The van der Waals surface area contributed by atoms with E-state index in [4.69, 9.17) is 6.58 Å². The van der Waals surface area contributed by atoms with E-state index in [9.17, 15) is 0 Å². The molecule has 1 heterocycles. The monoisotopic (exact) mass is 165 g/mol. The van der Waals surface area contributed by atoms with Crippen LogP contribution in [-0.2, 0) is 0 Å². The van der Waals surface area contributed by atoms with Crippen LogP contribution < -0.4 is 5.32 Å². The third-order valence-electron chi connectivity index (χ3n) is 2.25. The second-order valence-corrected chi connectivity index (χ2v) is 3.11. The molecular weight excluding hydrogens is 148 g/mol. The Labute approximate surface area is 74.9 Å². The van der Waals surface area contributed by atoms with Gasteiger partial charge in [-0.15, -0.1) is 6.58 Å². The second kappa shape index (κ2) is 5.12. The van der Waals surface area contributed by atoms with Crippen LogP contribution in [0.3, 0.4) is 0 Å². The molecule has 1 rings (SSSR count). The van der Waals surface area contributed by atoms with Gasteiger partial charge in [-0.2, -0.15) is 0 Å². The molecule has 2 heteroatoms. The summed E-state index contributed by atoms with van der Waals surface area (Å²) in [5, 5.41) is 3.36. The van der Waals surface area contributed by atoms with E-state index in [0.717, 1.165) is 32.6 Å². The van der Waals surface area contributed by atoms with Gasteiger partial charge in [0.1, 0.15) is 0 Å². The third kappa shape index (κ3) is 2.47. The minimum Gasteiger partial charge on any atom is -0.314 e. The Morgan fingerprint density at radius 3 is 3.17 bits per heavy atom. The van der Waals surface area contributed by atoms with Crippen LogP contribution in [0.5, 0.6) is 0 Å². The minimum atomic E-state index is 0.580. The van der Waals surface area contributed by atoms with E-state index in [0.29, 0.717) is 6.04 Å². The molecule has 0 aromatic rings. The summed E-state index contributed by atoms with van der Waals surface area (Å²) in [6.07, 6.45) is 4.74. The summed E-state index contributed by atoms with van der Waals surface area (Å²) in [5.74, 6) is 0. The van der Waals surface area contributed by atoms with Crippen molar-refractivity contribution < 1.29 is 0 Å². The molecule has 0 spiro atoms. The van der Waals surface area contributed by atoms with Gasteiger partial charge in [0.25, 0.3) is 0 Å². The van der Waals surface area contributed by atoms with Crippen molar-refractivity contribution in [3.63, 3.8) is 0 Å². The molecule has 0 aliphatic carbocycles. The van der Waals surface area contributed by atoms with E-state index in [1.807, 2.05) is 6.08 Å². The number of nitrogens with zero attached hydrogens (tertiary/aromatic N) is 1. The first kappa shape index (κ1) is 9.49. The second-order valence-electron chi connectivity index (χ2n) is 3.11. The highest BCUT2D eigenvalue weighted by atomic mass is 15.2. The smallest absolute Gasteiger partial charge is 0.0258 e. The molecule has 1 aliphatic heterocycles. The molecule has 1 saturated heterocycles. The van der Waals surface area contributed by atoms with Crippen molar-refractivity contribution >= 4 is 0 Å². The van der Waals surface area contributed by atoms with Gasteiger partial charge in [-0.05, 0) is 6.42 Å². The average Bonchev–Trinajstić information content (AvgIpc) is 2.09. The van der Waals surface area contributed by atoms with Crippen LogP contribution in [0.2, 0.25) is 0 Å². The molecule has 2 nitrogen and oxygen atoms in total. The average molecular weight is 165 g/mol. The Bertz CT molecular complexity index is 136. The topological polar surface area (TPSA) is 15.3 Å². The van der Waals surface area contributed by atoms with Gasteiger partial charge in [0.15, 0.2) is 0 Å². The summed E-state index contributed by atoms with van der Waals surface area (Å²) in [6, 6.07) is 0.580. The van der Waals surface area contributed by atoms with Crippen molar-refractivity contribution in [2.24, 2.45) is 0 Å². The molecule has 0 aromatic heterocycles. The van der Waals surface area contributed by atoms with Crippen molar-refractivity contribution in [2.75, 3.05) is 26.2 Å². The maximum absolute atomic E-state index is 5.40. The van der Waals surface area contributed by atoms with Gasteiger partial charge < -0.3 is 5.32 Å². The van der Waals surface area contributed by atoms with E-state index in [2.05, 4.69) is 16.8 Å². The van der Waals surface area contributed by atoms with Gasteiger partial charge in [-0.3, -0.25) is 4.90 Å². The summed E-state index contributed by atoms with van der Waals surface area (Å²) in [6.45, 7) is 13.3. The van der Waals surface area contributed by atoms with Crippen LogP contribution in [-0.4, -0.2) is 37.1 Å². The predicted octanol–water partition coefficient (Wildman–Crippen LogP) is 0.825. The molecule has 1 unspecified atom stereocenters. The van der Waals surface area contributed by atoms with Crippen molar-refractivity contribution in [1.82, 2.24) is 10.2 Å². The van der Waals surface area contributed by atoms with Crippen LogP contribution in [0.1, 0.15) is 6.42 Å². The summed E-state index contributed by atoms with van der Waals surface area (Å²) in [4.78, 5) is 2.39. The zero-order chi connectivity index (χ0) is 8.81. The van der Waals surface area contributed by atoms with Crippen LogP contribution in [0.25, 0.3) is 0 Å². The van der Waals surface area contributed by atoms with Gasteiger partial charge in [0, 0.05) is 32.2 Å². The molecule has 1 radical (unpaired) electrons. The lowest BCUT2D eigenvalue weighted by molar-refractivity contribution is 0.180. The largest absolute Gasteiger partial charge is 0.314 e. The molecule has 0 amide bonds. The van der Waals surface area contributed by atoms with Crippen molar-refractivity contribution in [1.29, 1.82) is 0 Å². The molecule has 1 aliphatic rings. The first-order chi connectivity index (χ1) is 5.88. The van der Waals surface area contributed by atoms with Crippen LogP contribution in [0.15, 0.2) is 18.7 Å². The van der Waals surface area contributed by atoms with Gasteiger partial charge in [0.05, 0.1) is 0 Å². The number of hydrogen-bond donors (Lipinski definition) is 1. The first-order valence-electron chi connectivity index (χ1n) is 4.47. The van der Waals surface area contributed by atoms with Crippen molar-refractivity contribution in [3.05, 3.63) is 25.3 Å². The number of nitrogens with one attached hydrogen (secondary N) is 1. The van der Waals surface area contributed by atoms with Gasteiger partial charge in [-0.25, -0.2) is 0 Å². The minimum absolute atomic E-state index is 0.580. The van der Waals surface area contributed by atoms with E-state index < -0.39 is 0 Å². The highest BCUT2D eigenvalue weighted by Gasteiger charge is 2.18. The summed E-state index contributed by atoms with van der Waals surface area (Å²) in [7, 11) is 0. The zero-order valence-electron chi connectivity index (χ0n) is 7.50. The fourth-order valence-electron chi connectivity index (χ4n) is 1.60. The lowest BCUT2D eigenvalue weighted by Gasteiger charge is -2.34. The molecule has 67 valence electrons. The molecule has 0 saturated carbocycles. The Morgan fingerprint density at radius 2 is 2.50 bits per heavy atom. The number of rotatable bonds is 4. The quantitative estimate of drug-likeness (QED) is 0.621. The van der Waals surface area contributed by atoms with E-state index in [1.165, 1.54) is 0 Å². The lowest BCUT2D eigenvalue weighted by Crippen LogP contribution is -2.50. The Hall–Kier alpha value is -0.600. The highest BCUT2D eigenvalue weighted by molar-refractivity contribution is 4.87. The Kier molecular flexibility index (Phi) is 4.05. The number of piperazine rings is 1. The lowest BCUT2D eigenvalue weighted by atomic mass is 10.1. The molecular formula is C10H17N2. The Morgan fingerprint density at radius 1 is 1.67 bits per heavy atom. The van der Waals surface area contributed by atoms with Crippen molar-refractivity contribution in [3.8, 4) is 0 Å². The summed E-state index contributed by atoms with van der Waals surface area (Å²) < 4.78 is 0. The van der Waals surface area contributed by atoms with Crippen LogP contribution >= 0.6 is 0 Å². The standard InChI is InChI=1S/C10H17N2/c1-3-5-10-9-11-6-8-12(10)7-4-2/h2-4,10-11H,1,5-9H2. The number of hydrogen-bond acceptors (Lipinski definition) is 2. The summed E-state index contributed by atoms with van der Waals surface area (Å²) >= 11 is 0. The third-order valence-corrected chi connectivity index (χ3v) is 2.25. The van der Waals surface area contributed by atoms with Gasteiger partial charge in [-0.1, -0.05) is 18.7 Å². The van der Waals surface area contributed by atoms with Crippen molar-refractivity contribution in [2.45, 2.75) is 12.5 Å².